The van der Waals surface area contributed by atoms with Crippen LogP contribution in [0.15, 0.2) is 68.8 Å². The Bertz CT molecular complexity index is 1120. The molecule has 0 spiro atoms. The van der Waals surface area contributed by atoms with Gasteiger partial charge in [0.1, 0.15) is 5.75 Å². The van der Waals surface area contributed by atoms with Crippen LogP contribution < -0.4 is 4.74 Å². The summed E-state index contributed by atoms with van der Waals surface area (Å²) in [5.74, 6) is -1.22. The van der Waals surface area contributed by atoms with Crippen molar-refractivity contribution in [2.75, 3.05) is 12.4 Å². The fraction of sp³-hybridized carbons (Fsp3) is 0.150. The maximum absolute atomic E-state index is 12.8. The summed E-state index contributed by atoms with van der Waals surface area (Å²) in [5, 5.41) is 8.89. The maximum Gasteiger partial charge on any atom is 0.313 e. The van der Waals surface area contributed by atoms with E-state index < -0.39 is 16.0 Å². The molecule has 7 nitrogen and oxygen atoms in total. The Balaban J connectivity index is 2.04. The zero-order valence-corrected chi connectivity index (χ0v) is 17.0. The summed E-state index contributed by atoms with van der Waals surface area (Å²) in [6.07, 6.45) is 1.32. The number of carboxylic acids is 1. The van der Waals surface area contributed by atoms with Crippen molar-refractivity contribution in [1.29, 1.82) is 0 Å². The molecule has 1 N–H and O–H groups in total. The molecule has 0 radical (unpaired) electrons. The number of nitrogens with zero attached hydrogens (tertiary/aromatic N) is 1. The van der Waals surface area contributed by atoms with E-state index in [0.717, 1.165) is 11.8 Å². The predicted molar refractivity (Wildman–Crippen MR) is 110 cm³/mol. The van der Waals surface area contributed by atoms with Gasteiger partial charge in [-0.1, -0.05) is 24.3 Å². The number of carboxylic acid groups (broad SMARTS) is 1. The van der Waals surface area contributed by atoms with Crippen molar-refractivity contribution in [2.24, 2.45) is 4.40 Å². The minimum absolute atomic E-state index is 0.0176. The van der Waals surface area contributed by atoms with Crippen LogP contribution in [0.4, 0.5) is 0 Å². The first-order valence-electron chi connectivity index (χ1n) is 8.60. The number of ether oxygens (including phenoxy) is 1. The number of ketones is 1. The van der Waals surface area contributed by atoms with Gasteiger partial charge in [-0.15, -0.1) is 11.8 Å². The summed E-state index contributed by atoms with van der Waals surface area (Å²) in [4.78, 5) is 23.6. The second-order valence-electron chi connectivity index (χ2n) is 5.92. The number of aliphatic carboxylic acids is 1. The van der Waals surface area contributed by atoms with Crippen LogP contribution in [0.3, 0.4) is 0 Å². The summed E-state index contributed by atoms with van der Waals surface area (Å²) in [6.45, 7) is 2.28. The SMILES string of the molecule is CCOc1ccc(S(=O)(=O)N=C2C=C(SCC(=O)O)C(=O)c3ccccc32)cc1. The molecule has 1 aliphatic carbocycles. The van der Waals surface area contributed by atoms with E-state index in [0.29, 0.717) is 17.9 Å². The standard InChI is InChI=1S/C20H17NO6S2/c1-2-27-13-7-9-14(10-8-13)29(25,26)21-17-11-18(28-12-19(22)23)20(24)16-6-4-3-5-15(16)17/h3-11H,2,12H2,1H3,(H,22,23). The number of carbonyl (C=O) groups is 2. The molecule has 0 aliphatic heterocycles. The van der Waals surface area contributed by atoms with Crippen LogP contribution in [0.5, 0.6) is 5.75 Å². The van der Waals surface area contributed by atoms with Gasteiger partial charge in [-0.3, -0.25) is 9.59 Å². The summed E-state index contributed by atoms with van der Waals surface area (Å²) in [7, 11) is -4.06. The molecule has 0 unspecified atom stereocenters. The number of thioether (sulfide) groups is 1. The van der Waals surface area contributed by atoms with Crippen LogP contribution >= 0.6 is 11.8 Å². The molecule has 0 fully saturated rings. The molecule has 0 atom stereocenters. The molecule has 2 aromatic rings. The molecule has 1 aliphatic rings. The van der Waals surface area contributed by atoms with Gasteiger partial charge in [0.15, 0.2) is 5.78 Å². The number of Topliss-reactive ketones (excluding diaryl/α,β-unsaturated/α-hetero) is 1. The maximum atomic E-state index is 12.8. The van der Waals surface area contributed by atoms with Gasteiger partial charge in [-0.05, 0) is 37.3 Å². The number of allylic oxidation sites excluding steroid dienone is 2. The van der Waals surface area contributed by atoms with Crippen molar-refractivity contribution in [1.82, 2.24) is 0 Å². The molecule has 0 bridgehead atoms. The fourth-order valence-corrected chi connectivity index (χ4v) is 4.39. The number of hydrogen-bond donors (Lipinski definition) is 1. The van der Waals surface area contributed by atoms with Crippen LogP contribution in [-0.4, -0.2) is 43.3 Å². The zero-order valence-electron chi connectivity index (χ0n) is 15.4. The molecule has 0 saturated carbocycles. The third-order valence-corrected chi connectivity index (χ3v) is 6.25. The van der Waals surface area contributed by atoms with Gasteiger partial charge in [0.05, 0.1) is 27.9 Å². The molecule has 3 rings (SSSR count). The lowest BCUT2D eigenvalue weighted by Crippen LogP contribution is -2.18. The van der Waals surface area contributed by atoms with Crippen LogP contribution in [0, 0.1) is 0 Å². The lowest BCUT2D eigenvalue weighted by molar-refractivity contribution is -0.133. The van der Waals surface area contributed by atoms with Crippen molar-refractivity contribution in [3.05, 3.63) is 70.6 Å². The Morgan fingerprint density at radius 1 is 1.10 bits per heavy atom. The molecule has 0 heterocycles. The Morgan fingerprint density at radius 3 is 2.38 bits per heavy atom. The quantitative estimate of drug-likeness (QED) is 0.717. The van der Waals surface area contributed by atoms with Crippen LogP contribution in [-0.2, 0) is 14.8 Å². The molecule has 0 saturated heterocycles. The van der Waals surface area contributed by atoms with Crippen molar-refractivity contribution in [2.45, 2.75) is 11.8 Å². The molecular formula is C20H17NO6S2. The lowest BCUT2D eigenvalue weighted by Gasteiger charge is -2.16. The first kappa shape index (κ1) is 20.8. The van der Waals surface area contributed by atoms with E-state index in [1.54, 1.807) is 36.4 Å². The highest BCUT2D eigenvalue weighted by Gasteiger charge is 2.26. The van der Waals surface area contributed by atoms with Gasteiger partial charge in [0.2, 0.25) is 0 Å². The van der Waals surface area contributed by atoms with E-state index in [1.165, 1.54) is 18.2 Å². The van der Waals surface area contributed by atoms with E-state index in [-0.39, 0.29) is 32.6 Å². The van der Waals surface area contributed by atoms with Gasteiger partial charge in [0, 0.05) is 11.1 Å². The van der Waals surface area contributed by atoms with Crippen molar-refractivity contribution < 1.29 is 27.9 Å². The average Bonchev–Trinajstić information content (AvgIpc) is 2.69. The Labute approximate surface area is 172 Å². The first-order chi connectivity index (χ1) is 13.8. The number of benzene rings is 2. The summed E-state index contributed by atoms with van der Waals surface area (Å²) in [5.41, 5.74) is 0.747. The van der Waals surface area contributed by atoms with E-state index in [9.17, 15) is 18.0 Å². The van der Waals surface area contributed by atoms with Crippen molar-refractivity contribution in [3.63, 3.8) is 0 Å². The Morgan fingerprint density at radius 2 is 1.76 bits per heavy atom. The van der Waals surface area contributed by atoms with E-state index in [1.807, 2.05) is 6.92 Å². The van der Waals surface area contributed by atoms with Gasteiger partial charge < -0.3 is 9.84 Å². The summed E-state index contributed by atoms with van der Waals surface area (Å²) in [6, 6.07) is 12.4. The number of hydrogen-bond acceptors (Lipinski definition) is 6. The molecule has 0 aromatic heterocycles. The normalized spacial score (nSPS) is 15.0. The number of fused-ring (bicyclic) bond motifs is 1. The van der Waals surface area contributed by atoms with Crippen molar-refractivity contribution >= 4 is 39.2 Å². The minimum atomic E-state index is -4.06. The highest BCUT2D eigenvalue weighted by atomic mass is 32.2. The number of sulfonamides is 1. The highest BCUT2D eigenvalue weighted by Crippen LogP contribution is 2.29. The molecule has 29 heavy (non-hydrogen) atoms. The van der Waals surface area contributed by atoms with Gasteiger partial charge in [0.25, 0.3) is 10.0 Å². The smallest absolute Gasteiger partial charge is 0.313 e. The van der Waals surface area contributed by atoms with Gasteiger partial charge >= 0.3 is 5.97 Å². The van der Waals surface area contributed by atoms with E-state index in [4.69, 9.17) is 9.84 Å². The lowest BCUT2D eigenvalue weighted by atomic mass is 9.94. The molecular weight excluding hydrogens is 414 g/mol. The third-order valence-electron chi connectivity index (χ3n) is 3.94. The second-order valence-corrected chi connectivity index (χ2v) is 8.54. The van der Waals surface area contributed by atoms with Gasteiger partial charge in [-0.2, -0.15) is 12.8 Å². The zero-order chi connectivity index (χ0) is 21.0. The van der Waals surface area contributed by atoms with Gasteiger partial charge in [-0.25, -0.2) is 0 Å². The summed E-state index contributed by atoms with van der Waals surface area (Å²) >= 11 is 0.830. The Hall–Kier alpha value is -2.91. The number of rotatable bonds is 7. The fourth-order valence-electron chi connectivity index (χ4n) is 2.68. The van der Waals surface area contributed by atoms with E-state index in [2.05, 4.69) is 4.40 Å². The van der Waals surface area contributed by atoms with Crippen LogP contribution in [0.2, 0.25) is 0 Å². The predicted octanol–water partition coefficient (Wildman–Crippen LogP) is 3.16. The average molecular weight is 431 g/mol. The largest absolute Gasteiger partial charge is 0.494 e. The van der Waals surface area contributed by atoms with Crippen LogP contribution in [0.1, 0.15) is 22.8 Å². The monoisotopic (exact) mass is 431 g/mol. The molecule has 150 valence electrons. The third kappa shape index (κ3) is 4.75. The number of carbonyl (C=O) groups excluding carboxylic acids is 1. The minimum Gasteiger partial charge on any atom is -0.494 e. The topological polar surface area (TPSA) is 110 Å². The molecule has 9 heteroatoms. The highest BCUT2D eigenvalue weighted by molar-refractivity contribution is 8.04. The second kappa shape index (κ2) is 8.62. The first-order valence-corrected chi connectivity index (χ1v) is 11.0. The molecule has 0 amide bonds. The van der Waals surface area contributed by atoms with Crippen LogP contribution in [0.25, 0.3) is 0 Å². The Kier molecular flexibility index (Phi) is 6.19. The summed E-state index contributed by atoms with van der Waals surface area (Å²) < 4.78 is 34.8. The van der Waals surface area contributed by atoms with E-state index >= 15 is 0 Å². The van der Waals surface area contributed by atoms with Crippen molar-refractivity contribution in [3.8, 4) is 5.75 Å². The molecule has 2 aromatic carbocycles.